The van der Waals surface area contributed by atoms with Crippen molar-refractivity contribution in [3.8, 4) is 11.1 Å². The Morgan fingerprint density at radius 2 is 0.531 bits per heavy atom. The number of benzene rings is 10. The van der Waals surface area contributed by atoms with Gasteiger partial charge in [-0.2, -0.15) is 0 Å². The van der Waals surface area contributed by atoms with Crippen molar-refractivity contribution in [1.29, 1.82) is 0 Å². The summed E-state index contributed by atoms with van der Waals surface area (Å²) in [6, 6.07) is 68.7. The van der Waals surface area contributed by atoms with Crippen molar-refractivity contribution in [3.63, 3.8) is 0 Å². The molecule has 10 aromatic rings. The Morgan fingerprint density at radius 1 is 0.281 bits per heavy atom. The van der Waals surface area contributed by atoms with E-state index in [-0.39, 0.29) is 0 Å². The van der Waals surface area contributed by atoms with Crippen LogP contribution < -0.4 is 9.80 Å². The lowest BCUT2D eigenvalue weighted by Gasteiger charge is -2.32. The van der Waals surface area contributed by atoms with E-state index in [1.807, 2.05) is 0 Å². The van der Waals surface area contributed by atoms with Gasteiger partial charge in [0.1, 0.15) is 0 Å². The summed E-state index contributed by atoms with van der Waals surface area (Å²) in [5.41, 5.74) is 17.1. The molecule has 0 aromatic heterocycles. The molecule has 0 unspecified atom stereocenters. The van der Waals surface area contributed by atoms with Gasteiger partial charge in [0.2, 0.25) is 0 Å². The molecule has 0 atom stereocenters. The van der Waals surface area contributed by atoms with E-state index in [1.165, 1.54) is 99.0 Å². The highest BCUT2D eigenvalue weighted by Gasteiger charge is 2.27. The van der Waals surface area contributed by atoms with Gasteiger partial charge in [0, 0.05) is 44.3 Å². The molecule has 0 bridgehead atoms. The summed E-state index contributed by atoms with van der Waals surface area (Å²) in [6.07, 6.45) is 0. The third-order valence-corrected chi connectivity index (χ3v) is 13.1. The van der Waals surface area contributed by atoms with Gasteiger partial charge < -0.3 is 9.80 Å². The average molecular weight is 829 g/mol. The molecule has 0 amide bonds. The Hall–Kier alpha value is -7.16. The fourth-order valence-electron chi connectivity index (χ4n) is 10.2. The number of hydrogen-bond acceptors (Lipinski definition) is 2. The molecule has 0 fully saturated rings. The maximum Gasteiger partial charge on any atom is 0.0618 e. The molecule has 2 heteroatoms. The number of rotatable bonds is 9. The van der Waals surface area contributed by atoms with Gasteiger partial charge in [-0.1, -0.05) is 161 Å². The van der Waals surface area contributed by atoms with Gasteiger partial charge in [-0.05, 0) is 154 Å². The highest BCUT2D eigenvalue weighted by atomic mass is 15.2. The monoisotopic (exact) mass is 828 g/mol. The number of nitrogens with zero attached hydrogens (tertiary/aromatic N) is 2. The van der Waals surface area contributed by atoms with Crippen LogP contribution in [0.1, 0.15) is 72.9 Å². The Bertz CT molecular complexity index is 2990. The first-order valence-electron chi connectivity index (χ1n) is 22.9. The van der Waals surface area contributed by atoms with E-state index < -0.39 is 0 Å². The second-order valence-electron chi connectivity index (χ2n) is 18.5. The fourth-order valence-corrected chi connectivity index (χ4v) is 10.2. The molecule has 0 aliphatic carbocycles. The Balaban J connectivity index is 1.32. The Kier molecular flexibility index (Phi) is 10.6. The summed E-state index contributed by atoms with van der Waals surface area (Å²) in [5.74, 6) is 0.887. The molecule has 0 saturated carbocycles. The molecular formula is C62H56N2. The molecule has 0 N–H and O–H groups in total. The minimum absolute atomic E-state index is 0.444. The first-order valence-corrected chi connectivity index (χ1v) is 22.9. The van der Waals surface area contributed by atoms with Crippen LogP contribution in [0.25, 0.3) is 54.2 Å². The molecule has 10 rings (SSSR count). The summed E-state index contributed by atoms with van der Waals surface area (Å²) in [4.78, 5) is 5.01. The maximum absolute atomic E-state index is 2.50. The van der Waals surface area contributed by atoms with Crippen LogP contribution >= 0.6 is 0 Å². The molecule has 0 radical (unpaired) electrons. The topological polar surface area (TPSA) is 6.48 Å². The van der Waals surface area contributed by atoms with Crippen LogP contribution in [0.2, 0.25) is 0 Å². The van der Waals surface area contributed by atoms with Crippen molar-refractivity contribution < 1.29 is 0 Å². The third-order valence-electron chi connectivity index (χ3n) is 13.1. The smallest absolute Gasteiger partial charge is 0.0618 e. The molecule has 0 heterocycles. The summed E-state index contributed by atoms with van der Waals surface area (Å²) in [6.45, 7) is 17.9. The molecule has 0 saturated heterocycles. The van der Waals surface area contributed by atoms with Crippen LogP contribution in [0.5, 0.6) is 0 Å². The fraction of sp³-hybridized carbons (Fsp3) is 0.161. The largest absolute Gasteiger partial charge is 0.309 e. The van der Waals surface area contributed by atoms with E-state index in [2.05, 4.69) is 247 Å². The van der Waals surface area contributed by atoms with Crippen molar-refractivity contribution in [3.05, 3.63) is 215 Å². The van der Waals surface area contributed by atoms with Gasteiger partial charge >= 0.3 is 0 Å². The van der Waals surface area contributed by atoms with Crippen molar-refractivity contribution in [2.75, 3.05) is 9.80 Å². The Morgan fingerprint density at radius 3 is 0.781 bits per heavy atom. The molecule has 64 heavy (non-hydrogen) atoms. The van der Waals surface area contributed by atoms with Crippen molar-refractivity contribution in [1.82, 2.24) is 0 Å². The van der Waals surface area contributed by atoms with Gasteiger partial charge in [0.05, 0.1) is 11.4 Å². The first kappa shape index (κ1) is 40.9. The lowest BCUT2D eigenvalue weighted by atomic mass is 9.84. The number of aryl methyl sites for hydroxylation is 4. The lowest BCUT2D eigenvalue weighted by Crippen LogP contribution is -2.13. The molecule has 10 aromatic carbocycles. The highest BCUT2D eigenvalue weighted by molar-refractivity contribution is 6.30. The van der Waals surface area contributed by atoms with Gasteiger partial charge in [0.15, 0.2) is 0 Å². The standard InChI is InChI=1S/C62H56N2/c1-39(2)45-25-29-47(30-26-45)63(49-35-41(5)33-42(6)36-49)61-55-21-13-9-17-51(55)59(52-18-10-14-22-56(52)61)60-53-19-11-15-23-57(53)62(58-24-16-12-20-54(58)60)64(50-37-43(7)34-44(8)38-50)48-31-27-46(28-32-48)40(3)4/h9-40H,1-8H3. The minimum atomic E-state index is 0.444. The average Bonchev–Trinajstić information content (AvgIpc) is 3.29. The summed E-state index contributed by atoms with van der Waals surface area (Å²) < 4.78 is 0. The summed E-state index contributed by atoms with van der Waals surface area (Å²) in [7, 11) is 0. The molecule has 0 aliphatic heterocycles. The van der Waals surface area contributed by atoms with Gasteiger partial charge in [-0.25, -0.2) is 0 Å². The zero-order chi connectivity index (χ0) is 44.2. The molecule has 314 valence electrons. The number of anilines is 6. The van der Waals surface area contributed by atoms with Gasteiger partial charge in [0.25, 0.3) is 0 Å². The maximum atomic E-state index is 2.50. The summed E-state index contributed by atoms with van der Waals surface area (Å²) in [5, 5.41) is 9.74. The van der Waals surface area contributed by atoms with Gasteiger partial charge in [-0.15, -0.1) is 0 Å². The predicted octanol–water partition coefficient (Wildman–Crippen LogP) is 18.4. The minimum Gasteiger partial charge on any atom is -0.309 e. The lowest BCUT2D eigenvalue weighted by molar-refractivity contribution is 0.866. The van der Waals surface area contributed by atoms with Crippen LogP contribution in [0.4, 0.5) is 34.1 Å². The van der Waals surface area contributed by atoms with Crippen LogP contribution in [0.15, 0.2) is 182 Å². The van der Waals surface area contributed by atoms with Crippen molar-refractivity contribution >= 4 is 77.2 Å². The zero-order valence-corrected chi connectivity index (χ0v) is 38.4. The Labute approximate surface area is 379 Å². The van der Waals surface area contributed by atoms with Crippen LogP contribution in [-0.2, 0) is 0 Å². The summed E-state index contributed by atoms with van der Waals surface area (Å²) >= 11 is 0. The number of fused-ring (bicyclic) bond motifs is 4. The van der Waals surface area contributed by atoms with Crippen molar-refractivity contribution in [2.24, 2.45) is 0 Å². The SMILES string of the molecule is Cc1cc(C)cc(N(c2ccc(C(C)C)cc2)c2c3ccccc3c(-c3c4ccccc4c(N(c4ccc(C(C)C)cc4)c4cc(C)cc(C)c4)c4ccccc34)c3ccccc23)c1. The van der Waals surface area contributed by atoms with Gasteiger partial charge in [-0.3, -0.25) is 0 Å². The van der Waals surface area contributed by atoms with Crippen molar-refractivity contribution in [2.45, 2.75) is 67.2 Å². The normalized spacial score (nSPS) is 11.7. The second kappa shape index (κ2) is 16.5. The van der Waals surface area contributed by atoms with E-state index in [9.17, 15) is 0 Å². The van der Waals surface area contributed by atoms with E-state index in [4.69, 9.17) is 0 Å². The van der Waals surface area contributed by atoms with E-state index in [1.54, 1.807) is 0 Å². The first-order chi connectivity index (χ1) is 31.0. The van der Waals surface area contributed by atoms with E-state index >= 15 is 0 Å². The zero-order valence-electron chi connectivity index (χ0n) is 38.4. The highest BCUT2D eigenvalue weighted by Crippen LogP contribution is 2.53. The molecule has 0 aliphatic rings. The van der Waals surface area contributed by atoms with E-state index in [0.717, 1.165) is 22.7 Å². The molecule has 0 spiro atoms. The quantitative estimate of drug-likeness (QED) is 0.134. The third kappa shape index (κ3) is 7.18. The second-order valence-corrected chi connectivity index (χ2v) is 18.5. The molecule has 2 nitrogen and oxygen atoms in total. The number of hydrogen-bond donors (Lipinski definition) is 0. The van der Waals surface area contributed by atoms with E-state index in [0.29, 0.717) is 11.8 Å². The van der Waals surface area contributed by atoms with Crippen LogP contribution in [-0.4, -0.2) is 0 Å². The molecular weight excluding hydrogens is 773 g/mol. The van der Waals surface area contributed by atoms with Crippen LogP contribution in [0.3, 0.4) is 0 Å². The predicted molar refractivity (Wildman–Crippen MR) is 278 cm³/mol. The van der Waals surface area contributed by atoms with Crippen LogP contribution in [0, 0.1) is 27.7 Å².